The van der Waals surface area contributed by atoms with Crippen molar-refractivity contribution in [2.45, 2.75) is 31.7 Å². The molecule has 1 amide bonds. The monoisotopic (exact) mass is 361 g/mol. The van der Waals surface area contributed by atoms with Crippen LogP contribution in [0.2, 0.25) is 0 Å². The lowest BCUT2D eigenvalue weighted by Crippen LogP contribution is -2.43. The van der Waals surface area contributed by atoms with Gasteiger partial charge in [0.2, 0.25) is 5.91 Å². The van der Waals surface area contributed by atoms with E-state index in [4.69, 9.17) is 0 Å². The summed E-state index contributed by atoms with van der Waals surface area (Å²) >= 11 is 0. The molecule has 0 unspecified atom stereocenters. The molecule has 26 heavy (non-hydrogen) atoms. The molecule has 8 heteroatoms. The first-order valence-electron chi connectivity index (χ1n) is 8.94. The first-order chi connectivity index (χ1) is 12.6. The third kappa shape index (κ3) is 4.19. The van der Waals surface area contributed by atoms with Crippen LogP contribution in [0.25, 0.3) is 0 Å². The second-order valence-corrected chi connectivity index (χ2v) is 6.60. The van der Waals surface area contributed by atoms with Gasteiger partial charge in [-0.2, -0.15) is 5.10 Å². The minimum Gasteiger partial charge on any atom is -0.354 e. The molecule has 0 spiro atoms. The lowest BCUT2D eigenvalue weighted by Gasteiger charge is -2.34. The topological polar surface area (TPSA) is 83.0 Å². The maximum absolute atomic E-state index is 13.3. The second-order valence-electron chi connectivity index (χ2n) is 6.60. The van der Waals surface area contributed by atoms with Crippen LogP contribution < -0.4 is 11.0 Å². The van der Waals surface area contributed by atoms with Gasteiger partial charge >= 0.3 is 5.69 Å². The van der Waals surface area contributed by atoms with Crippen LogP contribution in [0.1, 0.15) is 36.7 Å². The molecule has 1 aliphatic rings. The number of nitrogens with zero attached hydrogens (tertiary/aromatic N) is 3. The van der Waals surface area contributed by atoms with Gasteiger partial charge in [0.1, 0.15) is 17.7 Å². The Hall–Kier alpha value is -2.48. The van der Waals surface area contributed by atoms with Crippen molar-refractivity contribution < 1.29 is 9.18 Å². The lowest BCUT2D eigenvalue weighted by molar-refractivity contribution is -0.127. The highest BCUT2D eigenvalue weighted by atomic mass is 19.1. The van der Waals surface area contributed by atoms with Crippen LogP contribution >= 0.6 is 0 Å². The Morgan fingerprint density at radius 1 is 1.27 bits per heavy atom. The predicted octanol–water partition coefficient (Wildman–Crippen LogP) is 1.13. The van der Waals surface area contributed by atoms with Gasteiger partial charge in [0.25, 0.3) is 0 Å². The normalized spacial score (nSPS) is 16.4. The summed E-state index contributed by atoms with van der Waals surface area (Å²) in [5.74, 6) is 0.164. The SMILES string of the molecule is Cn1c(CCNC(=O)[C@@H](c2ccc(F)cc2)N2CCCCC2)n[nH]c1=O. The quantitative estimate of drug-likeness (QED) is 0.808. The third-order valence-electron chi connectivity index (χ3n) is 4.81. The minimum atomic E-state index is -0.432. The molecule has 0 bridgehead atoms. The molecule has 1 saturated heterocycles. The maximum Gasteiger partial charge on any atom is 0.343 e. The number of halogens is 1. The molecule has 1 aromatic heterocycles. The number of benzene rings is 1. The van der Waals surface area contributed by atoms with Gasteiger partial charge in [-0.1, -0.05) is 18.6 Å². The summed E-state index contributed by atoms with van der Waals surface area (Å²) in [6, 6.07) is 5.69. The molecular weight excluding hydrogens is 337 g/mol. The Bertz CT molecular complexity index is 793. The van der Waals surface area contributed by atoms with E-state index in [1.807, 2.05) is 0 Å². The number of H-pyrrole nitrogens is 1. The molecule has 0 aliphatic carbocycles. The molecule has 1 atom stereocenters. The molecule has 1 aromatic carbocycles. The number of likely N-dealkylation sites (tertiary alicyclic amines) is 1. The maximum atomic E-state index is 13.3. The van der Waals surface area contributed by atoms with E-state index < -0.39 is 6.04 Å². The Balaban J connectivity index is 1.68. The average Bonchev–Trinajstić information content (AvgIpc) is 2.97. The van der Waals surface area contributed by atoms with Crippen molar-refractivity contribution in [2.24, 2.45) is 7.05 Å². The van der Waals surface area contributed by atoms with Crippen LogP contribution in [-0.2, 0) is 18.3 Å². The van der Waals surface area contributed by atoms with Crippen LogP contribution in [0.15, 0.2) is 29.1 Å². The zero-order valence-electron chi connectivity index (χ0n) is 14.9. The van der Waals surface area contributed by atoms with Gasteiger partial charge in [-0.3, -0.25) is 14.3 Å². The van der Waals surface area contributed by atoms with E-state index in [1.165, 1.54) is 23.1 Å². The summed E-state index contributed by atoms with van der Waals surface area (Å²) in [5.41, 5.74) is 0.516. The molecule has 7 nitrogen and oxygen atoms in total. The molecule has 0 saturated carbocycles. The van der Waals surface area contributed by atoms with Crippen LogP contribution in [0.4, 0.5) is 4.39 Å². The smallest absolute Gasteiger partial charge is 0.343 e. The first kappa shape index (κ1) is 18.3. The number of hydrogen-bond acceptors (Lipinski definition) is 4. The predicted molar refractivity (Wildman–Crippen MR) is 95.1 cm³/mol. The first-order valence-corrected chi connectivity index (χ1v) is 8.94. The number of hydrogen-bond donors (Lipinski definition) is 2. The standard InChI is InChI=1S/C18H24FN5O2/c1-23-15(21-22-18(23)26)9-10-20-17(25)16(24-11-3-2-4-12-24)13-5-7-14(19)8-6-13/h5-8,16H,2-4,9-12H2,1H3,(H,20,25)(H,22,26)/t16-/m1/s1. The Morgan fingerprint density at radius 3 is 2.58 bits per heavy atom. The molecule has 1 aliphatic heterocycles. The molecule has 2 aromatic rings. The Kier molecular flexibility index (Phi) is 5.82. The number of rotatable bonds is 6. The van der Waals surface area contributed by atoms with E-state index in [-0.39, 0.29) is 17.4 Å². The van der Waals surface area contributed by atoms with Crippen LogP contribution in [0.3, 0.4) is 0 Å². The van der Waals surface area contributed by atoms with Gasteiger partial charge in [-0.05, 0) is 43.6 Å². The van der Waals surface area contributed by atoms with E-state index in [0.29, 0.717) is 18.8 Å². The van der Waals surface area contributed by atoms with Gasteiger partial charge < -0.3 is 5.32 Å². The highest BCUT2D eigenvalue weighted by molar-refractivity contribution is 5.83. The van der Waals surface area contributed by atoms with E-state index >= 15 is 0 Å². The van der Waals surface area contributed by atoms with Crippen molar-refractivity contribution in [3.63, 3.8) is 0 Å². The molecule has 2 N–H and O–H groups in total. The number of amides is 1. The average molecular weight is 361 g/mol. The summed E-state index contributed by atoms with van der Waals surface area (Å²) in [4.78, 5) is 26.4. The van der Waals surface area contributed by atoms with Crippen molar-refractivity contribution >= 4 is 5.91 Å². The number of aromatic amines is 1. The number of carbonyl (C=O) groups is 1. The third-order valence-corrected chi connectivity index (χ3v) is 4.81. The Morgan fingerprint density at radius 2 is 1.96 bits per heavy atom. The molecule has 140 valence electrons. The second kappa shape index (κ2) is 8.27. The zero-order valence-corrected chi connectivity index (χ0v) is 14.9. The lowest BCUT2D eigenvalue weighted by atomic mass is 10.0. The number of carbonyl (C=O) groups excluding carboxylic acids is 1. The minimum absolute atomic E-state index is 0.112. The van der Waals surface area contributed by atoms with E-state index in [2.05, 4.69) is 20.4 Å². The summed E-state index contributed by atoms with van der Waals surface area (Å²) in [6.45, 7) is 2.08. The molecule has 2 heterocycles. The molecule has 0 radical (unpaired) electrons. The van der Waals surface area contributed by atoms with Gasteiger partial charge in [0, 0.05) is 20.0 Å². The van der Waals surface area contributed by atoms with Crippen molar-refractivity contribution in [2.75, 3.05) is 19.6 Å². The fourth-order valence-corrected chi connectivity index (χ4v) is 3.35. The van der Waals surface area contributed by atoms with Crippen LogP contribution in [-0.4, -0.2) is 45.2 Å². The highest BCUT2D eigenvalue weighted by Crippen LogP contribution is 2.25. The zero-order chi connectivity index (χ0) is 18.5. The molecular formula is C18H24FN5O2. The fourth-order valence-electron chi connectivity index (χ4n) is 3.35. The fraction of sp³-hybridized carbons (Fsp3) is 0.500. The van der Waals surface area contributed by atoms with Crippen molar-refractivity contribution in [1.82, 2.24) is 25.0 Å². The van der Waals surface area contributed by atoms with Gasteiger partial charge in [-0.25, -0.2) is 14.3 Å². The number of piperidine rings is 1. The summed E-state index contributed by atoms with van der Waals surface area (Å²) in [5, 5.41) is 9.25. The highest BCUT2D eigenvalue weighted by Gasteiger charge is 2.28. The molecule has 1 fully saturated rings. The van der Waals surface area contributed by atoms with Gasteiger partial charge in [0.15, 0.2) is 0 Å². The number of aromatic nitrogens is 3. The summed E-state index contributed by atoms with van der Waals surface area (Å²) < 4.78 is 14.7. The van der Waals surface area contributed by atoms with Crippen LogP contribution in [0.5, 0.6) is 0 Å². The summed E-state index contributed by atoms with van der Waals surface area (Å²) in [7, 11) is 1.64. The van der Waals surface area contributed by atoms with Crippen molar-refractivity contribution in [3.05, 3.63) is 52.0 Å². The Labute approximate surface area is 151 Å². The summed E-state index contributed by atoms with van der Waals surface area (Å²) in [6.07, 6.45) is 3.74. The van der Waals surface area contributed by atoms with Crippen LogP contribution in [0, 0.1) is 5.82 Å². The van der Waals surface area contributed by atoms with Crippen molar-refractivity contribution in [3.8, 4) is 0 Å². The van der Waals surface area contributed by atoms with E-state index in [0.717, 1.165) is 31.5 Å². The van der Waals surface area contributed by atoms with Gasteiger partial charge in [0.05, 0.1) is 0 Å². The largest absolute Gasteiger partial charge is 0.354 e. The number of nitrogens with one attached hydrogen (secondary N) is 2. The van der Waals surface area contributed by atoms with E-state index in [1.54, 1.807) is 19.2 Å². The van der Waals surface area contributed by atoms with E-state index in [9.17, 15) is 14.0 Å². The molecule has 3 rings (SSSR count). The van der Waals surface area contributed by atoms with Gasteiger partial charge in [-0.15, -0.1) is 0 Å². The van der Waals surface area contributed by atoms with Crippen molar-refractivity contribution in [1.29, 1.82) is 0 Å².